The van der Waals surface area contributed by atoms with Gasteiger partial charge in [-0.1, -0.05) is 26.2 Å². The molecular weight excluding hydrogens is 342 g/mol. The van der Waals surface area contributed by atoms with Crippen molar-refractivity contribution in [2.75, 3.05) is 6.54 Å². The fourth-order valence-electron chi connectivity index (χ4n) is 4.62. The minimum atomic E-state index is -0.894. The van der Waals surface area contributed by atoms with Crippen LogP contribution in [0.4, 0.5) is 0 Å². The summed E-state index contributed by atoms with van der Waals surface area (Å²) in [6.07, 6.45) is 6.45. The van der Waals surface area contributed by atoms with Gasteiger partial charge in [-0.25, -0.2) is 0 Å². The highest BCUT2D eigenvalue weighted by molar-refractivity contribution is 6.03. The molecule has 0 spiro atoms. The van der Waals surface area contributed by atoms with E-state index < -0.39 is 5.54 Å². The van der Waals surface area contributed by atoms with Crippen LogP contribution in [0.15, 0.2) is 16.5 Å². The third kappa shape index (κ3) is 2.95. The van der Waals surface area contributed by atoms with Crippen molar-refractivity contribution in [2.45, 2.75) is 77.4 Å². The second-order valence-electron chi connectivity index (χ2n) is 8.26. The molecule has 2 aromatic heterocycles. The Labute approximate surface area is 159 Å². The minimum Gasteiger partial charge on any atom is -0.460 e. The second kappa shape index (κ2) is 6.73. The summed E-state index contributed by atoms with van der Waals surface area (Å²) in [5, 5.41) is 3.24. The van der Waals surface area contributed by atoms with E-state index in [9.17, 15) is 9.59 Å². The molecule has 0 unspecified atom stereocenters. The van der Waals surface area contributed by atoms with Gasteiger partial charge >= 0.3 is 0 Å². The summed E-state index contributed by atoms with van der Waals surface area (Å²) >= 11 is 0. The summed E-state index contributed by atoms with van der Waals surface area (Å²) in [4.78, 5) is 28.4. The van der Waals surface area contributed by atoms with Gasteiger partial charge in [-0.15, -0.1) is 0 Å². The predicted molar refractivity (Wildman–Crippen MR) is 104 cm³/mol. The Morgan fingerprint density at radius 2 is 2.04 bits per heavy atom. The maximum absolute atomic E-state index is 13.4. The van der Waals surface area contributed by atoms with Crippen LogP contribution in [0.5, 0.6) is 0 Å². The summed E-state index contributed by atoms with van der Waals surface area (Å²) in [6.45, 7) is 6.86. The SMILES string of the molecule is CCCN1C(=O)c2cc3oc(C)cc3n2C[C@@]1(C)C(=O)NC1CCCCC1. The van der Waals surface area contributed by atoms with Gasteiger partial charge in [0.2, 0.25) is 5.91 Å². The van der Waals surface area contributed by atoms with Gasteiger partial charge in [0.25, 0.3) is 5.91 Å². The highest BCUT2D eigenvalue weighted by Crippen LogP contribution is 2.34. The van der Waals surface area contributed by atoms with Gasteiger partial charge in [0.15, 0.2) is 5.58 Å². The van der Waals surface area contributed by atoms with Gasteiger partial charge in [-0.05, 0) is 33.1 Å². The Balaban J connectivity index is 1.70. The van der Waals surface area contributed by atoms with E-state index in [0.29, 0.717) is 24.4 Å². The van der Waals surface area contributed by atoms with E-state index in [-0.39, 0.29) is 17.9 Å². The first kappa shape index (κ1) is 18.1. The topological polar surface area (TPSA) is 67.5 Å². The fraction of sp³-hybridized carbons (Fsp3) is 0.619. The lowest BCUT2D eigenvalue weighted by molar-refractivity contribution is -0.133. The zero-order chi connectivity index (χ0) is 19.2. The maximum Gasteiger partial charge on any atom is 0.271 e. The molecule has 1 saturated carbocycles. The Morgan fingerprint density at radius 3 is 2.74 bits per heavy atom. The monoisotopic (exact) mass is 371 g/mol. The van der Waals surface area contributed by atoms with Crippen LogP contribution in [-0.4, -0.2) is 39.4 Å². The summed E-state index contributed by atoms with van der Waals surface area (Å²) in [5.74, 6) is 0.685. The molecule has 1 aliphatic heterocycles. The lowest BCUT2D eigenvalue weighted by atomic mass is 9.91. The van der Waals surface area contributed by atoms with Gasteiger partial charge in [0.05, 0.1) is 12.1 Å². The van der Waals surface area contributed by atoms with Crippen molar-refractivity contribution in [1.29, 1.82) is 0 Å². The second-order valence-corrected chi connectivity index (χ2v) is 8.26. The van der Waals surface area contributed by atoms with E-state index >= 15 is 0 Å². The standard InChI is InChI=1S/C21H29N3O3/c1-4-10-24-19(25)17-12-18-16(11-14(2)27-18)23(17)13-21(24,3)20(26)22-15-8-6-5-7-9-15/h11-12,15H,4-10,13H2,1-3H3,(H,22,26)/t21-/m0/s1. The highest BCUT2D eigenvalue weighted by atomic mass is 16.3. The van der Waals surface area contributed by atoms with Crippen LogP contribution in [0, 0.1) is 6.92 Å². The number of nitrogens with one attached hydrogen (secondary N) is 1. The molecule has 0 saturated heterocycles. The van der Waals surface area contributed by atoms with Crippen molar-refractivity contribution >= 4 is 22.9 Å². The minimum absolute atomic E-state index is 0.0380. The van der Waals surface area contributed by atoms with Crippen LogP contribution in [0.3, 0.4) is 0 Å². The molecule has 6 nitrogen and oxygen atoms in total. The molecule has 3 heterocycles. The summed E-state index contributed by atoms with van der Waals surface area (Å²) in [6, 6.07) is 3.98. The van der Waals surface area contributed by atoms with Gasteiger partial charge in [0.1, 0.15) is 17.0 Å². The number of rotatable bonds is 4. The summed E-state index contributed by atoms with van der Waals surface area (Å²) in [5.41, 5.74) is 1.32. The normalized spacial score (nSPS) is 23.7. The van der Waals surface area contributed by atoms with E-state index in [4.69, 9.17) is 4.42 Å². The van der Waals surface area contributed by atoms with Gasteiger partial charge in [0, 0.05) is 24.7 Å². The van der Waals surface area contributed by atoms with Gasteiger partial charge in [-0.3, -0.25) is 9.59 Å². The van der Waals surface area contributed by atoms with E-state index in [1.165, 1.54) is 6.42 Å². The number of hydrogen-bond acceptors (Lipinski definition) is 3. The highest BCUT2D eigenvalue weighted by Gasteiger charge is 2.48. The largest absolute Gasteiger partial charge is 0.460 e. The smallest absolute Gasteiger partial charge is 0.271 e. The molecule has 0 radical (unpaired) electrons. The molecule has 1 N–H and O–H groups in total. The van der Waals surface area contributed by atoms with Crippen LogP contribution in [0.1, 0.15) is 68.6 Å². The van der Waals surface area contributed by atoms with Crippen molar-refractivity contribution in [3.05, 3.63) is 23.6 Å². The quantitative estimate of drug-likeness (QED) is 0.893. The first-order valence-corrected chi connectivity index (χ1v) is 10.2. The van der Waals surface area contributed by atoms with Gasteiger partial charge in [-0.2, -0.15) is 0 Å². The van der Waals surface area contributed by atoms with Crippen LogP contribution in [-0.2, 0) is 11.3 Å². The van der Waals surface area contributed by atoms with Crippen molar-refractivity contribution in [3.63, 3.8) is 0 Å². The lowest BCUT2D eigenvalue weighted by Crippen LogP contribution is -2.65. The molecule has 1 fully saturated rings. The fourth-order valence-corrected chi connectivity index (χ4v) is 4.62. The van der Waals surface area contributed by atoms with Crippen LogP contribution >= 0.6 is 0 Å². The average Bonchev–Trinajstić information content (AvgIpc) is 3.16. The number of aromatic nitrogens is 1. The molecule has 0 aromatic carbocycles. The summed E-state index contributed by atoms with van der Waals surface area (Å²) < 4.78 is 7.68. The van der Waals surface area contributed by atoms with Crippen molar-refractivity contribution < 1.29 is 14.0 Å². The molecule has 4 rings (SSSR count). The first-order chi connectivity index (χ1) is 12.9. The number of furan rings is 1. The van der Waals surface area contributed by atoms with Crippen molar-refractivity contribution in [1.82, 2.24) is 14.8 Å². The Bertz CT molecular complexity index is 875. The third-order valence-electron chi connectivity index (χ3n) is 6.12. The molecule has 6 heteroatoms. The molecule has 1 atom stereocenters. The number of nitrogens with zero attached hydrogens (tertiary/aromatic N) is 2. The van der Waals surface area contributed by atoms with E-state index in [1.54, 1.807) is 4.90 Å². The molecule has 2 aromatic rings. The number of carbonyl (C=O) groups is 2. The molecule has 0 bridgehead atoms. The van der Waals surface area contributed by atoms with Gasteiger partial charge < -0.3 is 19.2 Å². The van der Waals surface area contributed by atoms with Crippen LogP contribution in [0.2, 0.25) is 0 Å². The predicted octanol–water partition coefficient (Wildman–Crippen LogP) is 3.62. The van der Waals surface area contributed by atoms with Crippen molar-refractivity contribution in [2.24, 2.45) is 0 Å². The zero-order valence-corrected chi connectivity index (χ0v) is 16.5. The molecule has 146 valence electrons. The number of carbonyl (C=O) groups excluding carboxylic acids is 2. The molecule has 27 heavy (non-hydrogen) atoms. The first-order valence-electron chi connectivity index (χ1n) is 10.2. The zero-order valence-electron chi connectivity index (χ0n) is 16.5. The van der Waals surface area contributed by atoms with E-state index in [0.717, 1.165) is 43.4 Å². The van der Waals surface area contributed by atoms with Crippen LogP contribution in [0.25, 0.3) is 11.1 Å². The van der Waals surface area contributed by atoms with Crippen LogP contribution < -0.4 is 5.32 Å². The number of aryl methyl sites for hydroxylation is 1. The number of amides is 2. The van der Waals surface area contributed by atoms with Crippen molar-refractivity contribution in [3.8, 4) is 0 Å². The van der Waals surface area contributed by atoms with E-state index in [2.05, 4.69) is 5.32 Å². The molecule has 2 aliphatic rings. The molecule has 2 amide bonds. The lowest BCUT2D eigenvalue weighted by Gasteiger charge is -2.44. The van der Waals surface area contributed by atoms with E-state index in [1.807, 2.05) is 37.5 Å². The molecular formula is C21H29N3O3. The number of fused-ring (bicyclic) bond motifs is 3. The Morgan fingerprint density at radius 1 is 1.30 bits per heavy atom. The molecule has 1 aliphatic carbocycles. The maximum atomic E-state index is 13.4. The third-order valence-corrected chi connectivity index (χ3v) is 6.12. The summed E-state index contributed by atoms with van der Waals surface area (Å²) in [7, 11) is 0. The Hall–Kier alpha value is -2.24. The number of hydrogen-bond donors (Lipinski definition) is 1. The Kier molecular flexibility index (Phi) is 4.52. The average molecular weight is 371 g/mol.